The summed E-state index contributed by atoms with van der Waals surface area (Å²) in [5.74, 6) is 0. The predicted molar refractivity (Wildman–Crippen MR) is 73.6 cm³/mol. The fourth-order valence-electron chi connectivity index (χ4n) is 2.77. The molecular formula is C15H26N2. The summed E-state index contributed by atoms with van der Waals surface area (Å²) in [6, 6.07) is 3.79. The highest BCUT2D eigenvalue weighted by Crippen LogP contribution is 2.21. The van der Waals surface area contributed by atoms with Gasteiger partial charge in [0.25, 0.3) is 0 Å². The Labute approximate surface area is 105 Å². The van der Waals surface area contributed by atoms with Crippen LogP contribution in [0.4, 0.5) is 0 Å². The topological polar surface area (TPSA) is 17.0 Å². The zero-order valence-electron chi connectivity index (χ0n) is 11.7. The molecule has 0 amide bonds. The summed E-state index contributed by atoms with van der Waals surface area (Å²) >= 11 is 0. The van der Waals surface area contributed by atoms with Crippen molar-refractivity contribution < 1.29 is 0 Å². The Hall–Kier alpha value is -0.760. The summed E-state index contributed by atoms with van der Waals surface area (Å²) in [6.07, 6.45) is 5.26. The largest absolute Gasteiger partial charge is 0.346 e. The fourth-order valence-corrected chi connectivity index (χ4v) is 2.77. The van der Waals surface area contributed by atoms with E-state index in [4.69, 9.17) is 0 Å². The molecule has 2 rings (SSSR count). The van der Waals surface area contributed by atoms with E-state index in [1.54, 1.807) is 0 Å². The number of aryl methyl sites for hydroxylation is 2. The molecule has 1 N–H and O–H groups in total. The van der Waals surface area contributed by atoms with Gasteiger partial charge in [-0.2, -0.15) is 0 Å². The average molecular weight is 234 g/mol. The standard InChI is InChI=1S/C15H26N2/c1-11(2)17-12(3)10-14(13(17)4)6-5-9-16-15-7-8-15/h10-11,15-16H,5-9H2,1-4H3. The first-order valence-corrected chi connectivity index (χ1v) is 7.00. The van der Waals surface area contributed by atoms with Crippen molar-refractivity contribution in [1.29, 1.82) is 0 Å². The van der Waals surface area contributed by atoms with E-state index in [1.807, 2.05) is 0 Å². The van der Waals surface area contributed by atoms with Crippen molar-refractivity contribution in [2.45, 2.75) is 65.5 Å². The second-order valence-corrected chi connectivity index (χ2v) is 5.69. The molecule has 1 heterocycles. The molecule has 1 aliphatic carbocycles. The molecule has 1 aromatic rings. The van der Waals surface area contributed by atoms with Crippen LogP contribution in [0.25, 0.3) is 0 Å². The lowest BCUT2D eigenvalue weighted by atomic mass is 10.1. The molecule has 96 valence electrons. The summed E-state index contributed by atoms with van der Waals surface area (Å²) in [6.45, 7) is 10.2. The lowest BCUT2D eigenvalue weighted by Gasteiger charge is -2.13. The van der Waals surface area contributed by atoms with E-state index in [0.717, 1.165) is 6.04 Å². The van der Waals surface area contributed by atoms with Crippen molar-refractivity contribution in [2.24, 2.45) is 0 Å². The Bertz CT molecular complexity index is 373. The Balaban J connectivity index is 1.88. The SMILES string of the molecule is Cc1cc(CCCNC2CC2)c(C)n1C(C)C. The van der Waals surface area contributed by atoms with Crippen LogP contribution in [0, 0.1) is 13.8 Å². The van der Waals surface area contributed by atoms with Gasteiger partial charge < -0.3 is 9.88 Å². The molecule has 0 atom stereocenters. The molecule has 0 aliphatic heterocycles. The van der Waals surface area contributed by atoms with Gasteiger partial charge in [-0.05, 0) is 71.6 Å². The Morgan fingerprint density at radius 2 is 2.06 bits per heavy atom. The van der Waals surface area contributed by atoms with E-state index in [-0.39, 0.29) is 0 Å². The molecule has 2 nitrogen and oxygen atoms in total. The quantitative estimate of drug-likeness (QED) is 0.747. The normalized spacial score (nSPS) is 15.8. The zero-order chi connectivity index (χ0) is 12.4. The molecule has 17 heavy (non-hydrogen) atoms. The monoisotopic (exact) mass is 234 g/mol. The van der Waals surface area contributed by atoms with Crippen LogP contribution in [0.3, 0.4) is 0 Å². The maximum atomic E-state index is 3.58. The third-order valence-electron chi connectivity index (χ3n) is 3.74. The van der Waals surface area contributed by atoms with Crippen LogP contribution in [0.2, 0.25) is 0 Å². The van der Waals surface area contributed by atoms with Crippen LogP contribution in [-0.2, 0) is 6.42 Å². The molecule has 1 fully saturated rings. The molecule has 0 unspecified atom stereocenters. The van der Waals surface area contributed by atoms with E-state index < -0.39 is 0 Å². The highest BCUT2D eigenvalue weighted by molar-refractivity contribution is 5.27. The smallest absolute Gasteiger partial charge is 0.0279 e. The highest BCUT2D eigenvalue weighted by Gasteiger charge is 2.19. The van der Waals surface area contributed by atoms with Gasteiger partial charge in [0.05, 0.1) is 0 Å². The first-order valence-electron chi connectivity index (χ1n) is 7.00. The number of rotatable bonds is 6. The van der Waals surface area contributed by atoms with Gasteiger partial charge in [0, 0.05) is 23.5 Å². The first-order chi connectivity index (χ1) is 8.09. The number of hydrogen-bond acceptors (Lipinski definition) is 1. The molecule has 2 heteroatoms. The Kier molecular flexibility index (Phi) is 3.93. The van der Waals surface area contributed by atoms with Crippen LogP contribution in [0.15, 0.2) is 6.07 Å². The summed E-state index contributed by atoms with van der Waals surface area (Å²) in [4.78, 5) is 0. The van der Waals surface area contributed by atoms with Gasteiger partial charge in [0.1, 0.15) is 0 Å². The van der Waals surface area contributed by atoms with Gasteiger partial charge in [0.15, 0.2) is 0 Å². The minimum atomic E-state index is 0.577. The Morgan fingerprint density at radius 1 is 1.35 bits per heavy atom. The first kappa shape index (κ1) is 12.7. The highest BCUT2D eigenvalue weighted by atomic mass is 15.0. The number of aromatic nitrogens is 1. The van der Waals surface area contributed by atoms with Crippen LogP contribution in [0.1, 0.15) is 56.1 Å². The van der Waals surface area contributed by atoms with Gasteiger partial charge in [-0.1, -0.05) is 0 Å². The summed E-state index contributed by atoms with van der Waals surface area (Å²) in [5, 5.41) is 3.58. The molecule has 1 aromatic heterocycles. The lowest BCUT2D eigenvalue weighted by molar-refractivity contribution is 0.571. The summed E-state index contributed by atoms with van der Waals surface area (Å²) in [5.41, 5.74) is 4.40. The van der Waals surface area contributed by atoms with Gasteiger partial charge >= 0.3 is 0 Å². The van der Waals surface area contributed by atoms with Crippen molar-refractivity contribution in [3.05, 3.63) is 23.0 Å². The number of nitrogens with one attached hydrogen (secondary N) is 1. The molecule has 0 bridgehead atoms. The van der Waals surface area contributed by atoms with Gasteiger partial charge in [0.2, 0.25) is 0 Å². The van der Waals surface area contributed by atoms with E-state index >= 15 is 0 Å². The minimum Gasteiger partial charge on any atom is -0.346 e. The van der Waals surface area contributed by atoms with E-state index in [0.29, 0.717) is 6.04 Å². The molecule has 1 saturated carbocycles. The third-order valence-corrected chi connectivity index (χ3v) is 3.74. The van der Waals surface area contributed by atoms with E-state index in [2.05, 4.69) is 43.6 Å². The molecular weight excluding hydrogens is 208 g/mol. The van der Waals surface area contributed by atoms with Crippen LogP contribution in [0.5, 0.6) is 0 Å². The number of nitrogens with zero attached hydrogens (tertiary/aromatic N) is 1. The van der Waals surface area contributed by atoms with Crippen molar-refractivity contribution in [3.63, 3.8) is 0 Å². The maximum absolute atomic E-state index is 3.58. The van der Waals surface area contributed by atoms with Gasteiger partial charge in [-0.15, -0.1) is 0 Å². The molecule has 0 spiro atoms. The lowest BCUT2D eigenvalue weighted by Crippen LogP contribution is -2.17. The van der Waals surface area contributed by atoms with Crippen LogP contribution >= 0.6 is 0 Å². The van der Waals surface area contributed by atoms with Crippen LogP contribution < -0.4 is 5.32 Å². The zero-order valence-corrected chi connectivity index (χ0v) is 11.7. The van der Waals surface area contributed by atoms with Crippen molar-refractivity contribution in [3.8, 4) is 0 Å². The maximum Gasteiger partial charge on any atom is 0.0279 e. The minimum absolute atomic E-state index is 0.577. The fraction of sp³-hybridized carbons (Fsp3) is 0.733. The van der Waals surface area contributed by atoms with Gasteiger partial charge in [-0.25, -0.2) is 0 Å². The van der Waals surface area contributed by atoms with Crippen LogP contribution in [-0.4, -0.2) is 17.2 Å². The van der Waals surface area contributed by atoms with E-state index in [9.17, 15) is 0 Å². The molecule has 0 aromatic carbocycles. The molecule has 0 saturated heterocycles. The average Bonchev–Trinajstić information content (AvgIpc) is 3.01. The molecule has 0 radical (unpaired) electrons. The van der Waals surface area contributed by atoms with Gasteiger partial charge in [-0.3, -0.25) is 0 Å². The van der Waals surface area contributed by atoms with Crippen molar-refractivity contribution in [1.82, 2.24) is 9.88 Å². The van der Waals surface area contributed by atoms with E-state index in [1.165, 1.54) is 49.2 Å². The van der Waals surface area contributed by atoms with Crippen molar-refractivity contribution in [2.75, 3.05) is 6.54 Å². The molecule has 1 aliphatic rings. The summed E-state index contributed by atoms with van der Waals surface area (Å²) in [7, 11) is 0. The third kappa shape index (κ3) is 3.12. The van der Waals surface area contributed by atoms with Crippen molar-refractivity contribution >= 4 is 0 Å². The second-order valence-electron chi connectivity index (χ2n) is 5.69. The Morgan fingerprint density at radius 3 is 2.59 bits per heavy atom. The number of hydrogen-bond donors (Lipinski definition) is 1. The predicted octanol–water partition coefficient (Wildman–Crippen LogP) is 3.37. The summed E-state index contributed by atoms with van der Waals surface area (Å²) < 4.78 is 2.45. The second kappa shape index (κ2) is 5.26.